The molecule has 5 N–H and O–H groups in total. The number of aromatic nitrogens is 4. The van der Waals surface area contributed by atoms with Crippen molar-refractivity contribution in [2.75, 3.05) is 28.4 Å². The fraction of sp³-hybridized carbons (Fsp3) is 0.0769. The smallest absolute Gasteiger partial charge is 0.247 e. The van der Waals surface area contributed by atoms with Crippen molar-refractivity contribution < 1.29 is 0 Å². The van der Waals surface area contributed by atoms with Crippen LogP contribution in [0.1, 0.15) is 5.69 Å². The summed E-state index contributed by atoms with van der Waals surface area (Å²) in [6.45, 7) is 0.703. The van der Waals surface area contributed by atoms with Gasteiger partial charge in [0.15, 0.2) is 17.2 Å². The van der Waals surface area contributed by atoms with Crippen LogP contribution in [0.3, 0.4) is 0 Å². The molecule has 3 heterocycles. The number of hydrogen-bond donors (Lipinski definition) is 4. The number of benzene rings is 1. The van der Waals surface area contributed by atoms with Gasteiger partial charge in [-0.25, -0.2) is 4.98 Å². The van der Waals surface area contributed by atoms with E-state index in [9.17, 15) is 0 Å². The molecule has 2 aromatic heterocycles. The van der Waals surface area contributed by atoms with Crippen LogP contribution in [0, 0.1) is 11.3 Å². The lowest BCUT2D eigenvalue weighted by atomic mass is 10.2. The number of anilines is 5. The fourth-order valence-electron chi connectivity index (χ4n) is 2.32. The van der Waals surface area contributed by atoms with Gasteiger partial charge in [0.2, 0.25) is 5.95 Å². The van der Waals surface area contributed by atoms with Gasteiger partial charge in [0.1, 0.15) is 6.07 Å². The van der Waals surface area contributed by atoms with Gasteiger partial charge in [-0.3, -0.25) is 0 Å². The topological polar surface area (TPSA) is 129 Å². The van der Waals surface area contributed by atoms with E-state index in [1.165, 1.54) is 10.7 Å². The molecule has 0 aliphatic carbocycles. The Morgan fingerprint density at radius 3 is 3.05 bits per heavy atom. The lowest BCUT2D eigenvalue weighted by Crippen LogP contribution is -2.07. The predicted octanol–water partition coefficient (Wildman–Crippen LogP) is 1.12. The highest BCUT2D eigenvalue weighted by Crippen LogP contribution is 2.30. The normalized spacial score (nSPS) is 12.3. The summed E-state index contributed by atoms with van der Waals surface area (Å²) in [6.07, 6.45) is 1.41. The van der Waals surface area contributed by atoms with Crippen molar-refractivity contribution in [3.8, 4) is 6.07 Å². The molecule has 0 amide bonds. The van der Waals surface area contributed by atoms with E-state index in [2.05, 4.69) is 31.0 Å². The third kappa shape index (κ3) is 1.82. The molecule has 0 spiro atoms. The number of nitriles is 1. The second-order valence-corrected chi connectivity index (χ2v) is 4.73. The molecule has 0 bridgehead atoms. The van der Waals surface area contributed by atoms with Gasteiger partial charge in [-0.15, -0.1) is 5.10 Å². The molecule has 9 heteroatoms. The second kappa shape index (κ2) is 4.49. The number of nitrogens with two attached hydrogens (primary N) is 1. The minimum Gasteiger partial charge on any atom is -0.380 e. The molecule has 3 aromatic rings. The van der Waals surface area contributed by atoms with E-state index < -0.39 is 0 Å². The minimum atomic E-state index is 0.208. The van der Waals surface area contributed by atoms with E-state index in [0.29, 0.717) is 24.0 Å². The molecule has 0 saturated heterocycles. The van der Waals surface area contributed by atoms with Crippen LogP contribution in [0.4, 0.5) is 28.8 Å². The Kier molecular flexibility index (Phi) is 2.49. The lowest BCUT2D eigenvalue weighted by molar-refractivity contribution is 0.899. The molecule has 0 fully saturated rings. The quantitative estimate of drug-likeness (QED) is 0.553. The van der Waals surface area contributed by atoms with Crippen LogP contribution in [0.25, 0.3) is 5.65 Å². The van der Waals surface area contributed by atoms with E-state index in [0.717, 1.165) is 17.1 Å². The van der Waals surface area contributed by atoms with E-state index in [1.54, 1.807) is 0 Å². The highest BCUT2D eigenvalue weighted by molar-refractivity contribution is 5.78. The Balaban J connectivity index is 1.74. The molecule has 1 aliphatic rings. The van der Waals surface area contributed by atoms with Gasteiger partial charge in [0, 0.05) is 5.69 Å². The zero-order chi connectivity index (χ0) is 15.1. The summed E-state index contributed by atoms with van der Waals surface area (Å²) in [4.78, 5) is 8.19. The van der Waals surface area contributed by atoms with E-state index in [1.807, 2.05) is 24.3 Å². The summed E-state index contributed by atoms with van der Waals surface area (Å²) in [5, 5.41) is 22.8. The standard InChI is InChI=1S/C13H11N9/c14-4-8-5-16-12-11(15)20-13(21-22(8)12)19-7-1-2-9-10(3-7)18-6-17-9/h1-3,5,17-18H,6H2,(H3,15,19,20,21). The SMILES string of the molecule is N#Cc1cnc2c(N)nc(Nc3ccc4c(c3)NCN4)nn12. The highest BCUT2D eigenvalue weighted by Gasteiger charge is 2.12. The first-order valence-electron chi connectivity index (χ1n) is 6.55. The van der Waals surface area contributed by atoms with E-state index in [4.69, 9.17) is 11.0 Å². The van der Waals surface area contributed by atoms with Gasteiger partial charge < -0.3 is 21.7 Å². The van der Waals surface area contributed by atoms with Gasteiger partial charge in [-0.2, -0.15) is 14.8 Å². The summed E-state index contributed by atoms with van der Waals surface area (Å²) in [5.74, 6) is 0.505. The third-order valence-corrected chi connectivity index (χ3v) is 3.34. The van der Waals surface area contributed by atoms with Gasteiger partial charge in [-0.1, -0.05) is 0 Å². The number of nitrogen functional groups attached to an aromatic ring is 1. The summed E-state index contributed by atoms with van der Waals surface area (Å²) < 4.78 is 1.37. The maximum Gasteiger partial charge on any atom is 0.247 e. The van der Waals surface area contributed by atoms with Gasteiger partial charge >= 0.3 is 0 Å². The molecule has 108 valence electrons. The van der Waals surface area contributed by atoms with Crippen LogP contribution in [-0.4, -0.2) is 26.3 Å². The van der Waals surface area contributed by atoms with Crippen LogP contribution < -0.4 is 21.7 Å². The van der Waals surface area contributed by atoms with E-state index >= 15 is 0 Å². The molecule has 22 heavy (non-hydrogen) atoms. The maximum atomic E-state index is 9.05. The van der Waals surface area contributed by atoms with Crippen molar-refractivity contribution >= 4 is 34.5 Å². The average molecular weight is 293 g/mol. The molecule has 1 aliphatic heterocycles. The van der Waals surface area contributed by atoms with Crippen LogP contribution in [0.2, 0.25) is 0 Å². The van der Waals surface area contributed by atoms with Crippen molar-refractivity contribution in [2.45, 2.75) is 0 Å². The van der Waals surface area contributed by atoms with Gasteiger partial charge in [0.25, 0.3) is 0 Å². The van der Waals surface area contributed by atoms with Crippen LogP contribution >= 0.6 is 0 Å². The van der Waals surface area contributed by atoms with Crippen molar-refractivity contribution in [1.29, 1.82) is 5.26 Å². The Hall–Kier alpha value is -3.54. The molecule has 0 saturated carbocycles. The predicted molar refractivity (Wildman–Crippen MR) is 81.7 cm³/mol. The molecule has 0 unspecified atom stereocenters. The third-order valence-electron chi connectivity index (χ3n) is 3.34. The molecule has 0 atom stereocenters. The van der Waals surface area contributed by atoms with Crippen molar-refractivity contribution in [2.24, 2.45) is 0 Å². The Morgan fingerprint density at radius 1 is 1.32 bits per heavy atom. The summed E-state index contributed by atoms with van der Waals surface area (Å²) in [7, 11) is 0. The molecular weight excluding hydrogens is 282 g/mol. The Morgan fingerprint density at radius 2 is 2.18 bits per heavy atom. The first kappa shape index (κ1) is 12.2. The molecule has 1 aromatic carbocycles. The molecule has 9 nitrogen and oxygen atoms in total. The first-order chi connectivity index (χ1) is 10.7. The number of imidazole rings is 1. The van der Waals surface area contributed by atoms with Crippen molar-refractivity contribution in [1.82, 2.24) is 19.6 Å². The minimum absolute atomic E-state index is 0.208. The highest BCUT2D eigenvalue weighted by atomic mass is 15.3. The monoisotopic (exact) mass is 293 g/mol. The molecule has 4 rings (SSSR count). The number of nitrogens with zero attached hydrogens (tertiary/aromatic N) is 5. The number of fused-ring (bicyclic) bond motifs is 2. The van der Waals surface area contributed by atoms with Crippen molar-refractivity contribution in [3.05, 3.63) is 30.1 Å². The van der Waals surface area contributed by atoms with Gasteiger partial charge in [-0.05, 0) is 18.2 Å². The number of rotatable bonds is 2. The van der Waals surface area contributed by atoms with E-state index in [-0.39, 0.29) is 5.82 Å². The summed E-state index contributed by atoms with van der Waals surface area (Å²) in [5.41, 5.74) is 9.38. The molecule has 0 radical (unpaired) electrons. The van der Waals surface area contributed by atoms with Crippen LogP contribution in [0.5, 0.6) is 0 Å². The second-order valence-electron chi connectivity index (χ2n) is 4.73. The lowest BCUT2D eigenvalue weighted by Gasteiger charge is -2.08. The molecular formula is C13H11N9. The first-order valence-corrected chi connectivity index (χ1v) is 6.55. The number of nitrogens with one attached hydrogen (secondary N) is 3. The van der Waals surface area contributed by atoms with Gasteiger partial charge in [0.05, 0.1) is 24.2 Å². The fourth-order valence-corrected chi connectivity index (χ4v) is 2.32. The maximum absolute atomic E-state index is 9.05. The number of hydrogen-bond acceptors (Lipinski definition) is 8. The average Bonchev–Trinajstić information content (AvgIpc) is 3.13. The van der Waals surface area contributed by atoms with Crippen LogP contribution in [-0.2, 0) is 0 Å². The largest absolute Gasteiger partial charge is 0.380 e. The Bertz CT molecular complexity index is 921. The zero-order valence-electron chi connectivity index (χ0n) is 11.3. The van der Waals surface area contributed by atoms with Crippen molar-refractivity contribution in [3.63, 3.8) is 0 Å². The Labute approximate surface area is 124 Å². The van der Waals surface area contributed by atoms with Crippen LogP contribution in [0.15, 0.2) is 24.4 Å². The zero-order valence-corrected chi connectivity index (χ0v) is 11.3. The summed E-state index contributed by atoms with van der Waals surface area (Å²) >= 11 is 0. The summed E-state index contributed by atoms with van der Waals surface area (Å²) in [6, 6.07) is 7.81.